The van der Waals surface area contributed by atoms with E-state index in [1.165, 1.54) is 0 Å². The van der Waals surface area contributed by atoms with Crippen LogP contribution in [0.4, 0.5) is 5.69 Å². The number of fused-ring (bicyclic) bond motifs is 1. The van der Waals surface area contributed by atoms with E-state index in [1.807, 2.05) is 90.4 Å². The fourth-order valence-electron chi connectivity index (χ4n) is 4.85. The number of hydrogen-bond acceptors (Lipinski definition) is 3. The summed E-state index contributed by atoms with van der Waals surface area (Å²) in [6.07, 6.45) is 1.62. The lowest BCUT2D eigenvalue weighted by atomic mass is 9.98. The van der Waals surface area contributed by atoms with Crippen LogP contribution in [0.25, 0.3) is 11.0 Å². The van der Waals surface area contributed by atoms with E-state index in [2.05, 4.69) is 15.2 Å². The predicted octanol–water partition coefficient (Wildman–Crippen LogP) is 4.65. The van der Waals surface area contributed by atoms with Crippen molar-refractivity contribution in [2.75, 3.05) is 18.4 Å². The summed E-state index contributed by atoms with van der Waals surface area (Å²) in [6, 6.07) is 25.3. The molecule has 1 aliphatic heterocycles. The van der Waals surface area contributed by atoms with Gasteiger partial charge in [-0.15, -0.1) is 0 Å². The quantitative estimate of drug-likeness (QED) is 0.474. The average molecular weight is 441 g/mol. The maximum atomic E-state index is 13.4. The molecule has 168 valence electrons. The number of nitrogens with zero attached hydrogens (tertiary/aromatic N) is 2. The van der Waals surface area contributed by atoms with Crippen LogP contribution in [0.1, 0.15) is 36.1 Å². The van der Waals surface area contributed by atoms with Gasteiger partial charge < -0.3 is 10.3 Å². The van der Waals surface area contributed by atoms with Crippen molar-refractivity contribution in [1.29, 1.82) is 0 Å². The van der Waals surface area contributed by atoms with E-state index < -0.39 is 0 Å². The smallest absolute Gasteiger partial charge is 0.324 e. The van der Waals surface area contributed by atoms with E-state index in [1.54, 1.807) is 0 Å². The first-order valence-corrected chi connectivity index (χ1v) is 11.5. The number of aryl methyl sites for hydroxylation is 1. The Hall–Kier alpha value is -3.64. The Morgan fingerprint density at radius 2 is 1.61 bits per heavy atom. The minimum Gasteiger partial charge on any atom is -0.324 e. The van der Waals surface area contributed by atoms with Gasteiger partial charge in [-0.2, -0.15) is 0 Å². The predicted molar refractivity (Wildman–Crippen MR) is 131 cm³/mol. The van der Waals surface area contributed by atoms with Crippen molar-refractivity contribution >= 4 is 22.6 Å². The zero-order valence-electron chi connectivity index (χ0n) is 18.7. The monoisotopic (exact) mass is 440 g/mol. The van der Waals surface area contributed by atoms with Gasteiger partial charge in [-0.05, 0) is 49.6 Å². The lowest BCUT2D eigenvalue weighted by Gasteiger charge is -2.37. The summed E-state index contributed by atoms with van der Waals surface area (Å²) in [4.78, 5) is 31.3. The lowest BCUT2D eigenvalue weighted by molar-refractivity contribution is -0.122. The summed E-state index contributed by atoms with van der Waals surface area (Å²) in [5.74, 6) is -0.0345. The van der Waals surface area contributed by atoms with E-state index in [0.29, 0.717) is 0 Å². The van der Waals surface area contributed by atoms with Crippen molar-refractivity contribution in [2.24, 2.45) is 0 Å². The zero-order valence-corrected chi connectivity index (χ0v) is 18.7. The highest BCUT2D eigenvalue weighted by atomic mass is 16.2. The standard InChI is InChI=1S/C27H28N4O2/c1-19-11-13-21(14-12-19)28-26(32)25(20-7-3-2-4-8-20)30-17-15-22(16-18-30)31-24-10-6-5-9-23(24)29-27(31)33/h2-14,22,25H,15-18H2,1H3,(H,28,32)(H,29,33)/t25-/m0/s1. The number of likely N-dealkylation sites (tertiary alicyclic amines) is 1. The van der Waals surface area contributed by atoms with Crippen LogP contribution in [0.5, 0.6) is 0 Å². The maximum absolute atomic E-state index is 13.4. The first kappa shape index (κ1) is 21.2. The van der Waals surface area contributed by atoms with Gasteiger partial charge in [0.1, 0.15) is 6.04 Å². The molecular weight excluding hydrogens is 412 g/mol. The molecule has 2 N–H and O–H groups in total. The number of carbonyl (C=O) groups is 1. The topological polar surface area (TPSA) is 70.1 Å². The van der Waals surface area contributed by atoms with Crippen molar-refractivity contribution in [3.63, 3.8) is 0 Å². The van der Waals surface area contributed by atoms with Gasteiger partial charge in [0, 0.05) is 24.8 Å². The van der Waals surface area contributed by atoms with E-state index in [0.717, 1.165) is 53.8 Å². The van der Waals surface area contributed by atoms with Crippen LogP contribution in [-0.2, 0) is 4.79 Å². The number of hydrogen-bond donors (Lipinski definition) is 2. The van der Waals surface area contributed by atoms with Crippen molar-refractivity contribution in [1.82, 2.24) is 14.5 Å². The van der Waals surface area contributed by atoms with Crippen LogP contribution >= 0.6 is 0 Å². The van der Waals surface area contributed by atoms with Crippen LogP contribution in [0.3, 0.4) is 0 Å². The number of amides is 1. The molecule has 0 saturated carbocycles. The number of piperidine rings is 1. The Kier molecular flexibility index (Phi) is 5.84. The van der Waals surface area contributed by atoms with Crippen LogP contribution in [-0.4, -0.2) is 33.4 Å². The number of carbonyl (C=O) groups excluding carboxylic acids is 1. The molecule has 1 aliphatic rings. The largest absolute Gasteiger partial charge is 0.326 e. The van der Waals surface area contributed by atoms with Crippen molar-refractivity contribution in [3.8, 4) is 0 Å². The minimum absolute atomic E-state index is 0.0345. The lowest BCUT2D eigenvalue weighted by Crippen LogP contribution is -2.43. The molecule has 4 aromatic rings. The van der Waals surface area contributed by atoms with Crippen LogP contribution in [0.15, 0.2) is 83.7 Å². The van der Waals surface area contributed by atoms with E-state index in [9.17, 15) is 9.59 Å². The second kappa shape index (κ2) is 9.08. The number of benzene rings is 3. The molecule has 0 bridgehead atoms. The molecule has 1 saturated heterocycles. The zero-order chi connectivity index (χ0) is 22.8. The third-order valence-electron chi connectivity index (χ3n) is 6.54. The number of para-hydroxylation sites is 2. The van der Waals surface area contributed by atoms with Gasteiger partial charge in [0.15, 0.2) is 0 Å². The number of nitrogens with one attached hydrogen (secondary N) is 2. The molecule has 5 rings (SSSR count). The molecule has 1 aromatic heterocycles. The van der Waals surface area contributed by atoms with Gasteiger partial charge in [0.2, 0.25) is 5.91 Å². The number of aromatic nitrogens is 2. The molecule has 0 unspecified atom stereocenters. The third kappa shape index (κ3) is 4.34. The van der Waals surface area contributed by atoms with E-state index in [4.69, 9.17) is 0 Å². The highest BCUT2D eigenvalue weighted by Gasteiger charge is 2.32. The molecule has 33 heavy (non-hydrogen) atoms. The minimum atomic E-state index is -0.381. The highest BCUT2D eigenvalue weighted by molar-refractivity contribution is 5.95. The van der Waals surface area contributed by atoms with Crippen LogP contribution in [0, 0.1) is 6.92 Å². The van der Waals surface area contributed by atoms with Crippen LogP contribution < -0.4 is 11.0 Å². The van der Waals surface area contributed by atoms with Crippen molar-refractivity contribution in [2.45, 2.75) is 31.8 Å². The van der Waals surface area contributed by atoms with Crippen molar-refractivity contribution < 1.29 is 4.79 Å². The first-order chi connectivity index (χ1) is 16.1. The summed E-state index contributed by atoms with van der Waals surface area (Å²) >= 11 is 0. The maximum Gasteiger partial charge on any atom is 0.326 e. The second-order valence-corrected chi connectivity index (χ2v) is 8.75. The molecule has 1 amide bonds. The molecule has 2 heterocycles. The summed E-state index contributed by atoms with van der Waals surface area (Å²) in [6.45, 7) is 3.50. The van der Waals surface area contributed by atoms with Gasteiger partial charge in [-0.3, -0.25) is 14.3 Å². The number of H-pyrrole nitrogens is 1. The first-order valence-electron chi connectivity index (χ1n) is 11.5. The summed E-state index contributed by atoms with van der Waals surface area (Å²) in [5, 5.41) is 3.10. The normalized spacial score (nSPS) is 16.0. The highest BCUT2D eigenvalue weighted by Crippen LogP contribution is 2.31. The summed E-state index contributed by atoms with van der Waals surface area (Å²) in [5.41, 5.74) is 4.67. The summed E-state index contributed by atoms with van der Waals surface area (Å²) < 4.78 is 1.89. The average Bonchev–Trinajstić information content (AvgIpc) is 3.17. The number of aromatic amines is 1. The molecule has 0 spiro atoms. The molecule has 0 radical (unpaired) electrons. The van der Waals surface area contributed by atoms with Gasteiger partial charge in [-0.25, -0.2) is 4.79 Å². The van der Waals surface area contributed by atoms with Gasteiger partial charge in [-0.1, -0.05) is 60.2 Å². The van der Waals surface area contributed by atoms with Gasteiger partial charge in [0.25, 0.3) is 0 Å². The SMILES string of the molecule is Cc1ccc(NC(=O)[C@H](c2ccccc2)N2CCC(n3c(=O)[nH]c4ccccc43)CC2)cc1. The van der Waals surface area contributed by atoms with E-state index >= 15 is 0 Å². The fraction of sp³-hybridized carbons (Fsp3) is 0.259. The molecular formula is C27H28N4O2. The second-order valence-electron chi connectivity index (χ2n) is 8.75. The van der Waals surface area contributed by atoms with Gasteiger partial charge >= 0.3 is 5.69 Å². The van der Waals surface area contributed by atoms with Crippen molar-refractivity contribution in [3.05, 3.63) is 100 Å². The molecule has 6 heteroatoms. The molecule has 1 fully saturated rings. The summed E-state index contributed by atoms with van der Waals surface area (Å²) in [7, 11) is 0. The Labute approximate surface area is 192 Å². The molecule has 1 atom stereocenters. The Morgan fingerprint density at radius 3 is 2.33 bits per heavy atom. The molecule has 0 aliphatic carbocycles. The Morgan fingerprint density at radius 1 is 0.939 bits per heavy atom. The molecule has 6 nitrogen and oxygen atoms in total. The van der Waals surface area contributed by atoms with Gasteiger partial charge in [0.05, 0.1) is 11.0 Å². The van der Waals surface area contributed by atoms with E-state index in [-0.39, 0.29) is 23.7 Å². The number of anilines is 1. The van der Waals surface area contributed by atoms with Crippen LogP contribution in [0.2, 0.25) is 0 Å². The third-order valence-corrected chi connectivity index (χ3v) is 6.54. The molecule has 3 aromatic carbocycles. The number of imidazole rings is 1. The fourth-order valence-corrected chi connectivity index (χ4v) is 4.85. The number of rotatable bonds is 5. The Balaban J connectivity index is 1.37. The Bertz CT molecular complexity index is 1300.